The normalized spacial score (nSPS) is 12.4. The number of nitrogen functional groups attached to an aromatic ring is 1. The Kier molecular flexibility index (Phi) is 5.65. The summed E-state index contributed by atoms with van der Waals surface area (Å²) in [5.41, 5.74) is 7.08. The van der Waals surface area contributed by atoms with E-state index in [0.29, 0.717) is 5.69 Å². The first kappa shape index (κ1) is 14.5. The van der Waals surface area contributed by atoms with Gasteiger partial charge in [-0.3, -0.25) is 9.69 Å². The van der Waals surface area contributed by atoms with Crippen molar-refractivity contribution in [2.75, 3.05) is 24.6 Å². The first-order chi connectivity index (χ1) is 8.54. The highest BCUT2D eigenvalue weighted by atomic mass is 16.2. The van der Waals surface area contributed by atoms with E-state index in [1.807, 2.05) is 26.1 Å². The summed E-state index contributed by atoms with van der Waals surface area (Å²) in [5, 5.41) is 2.89. The highest BCUT2D eigenvalue weighted by Crippen LogP contribution is 2.11. The molecule has 100 valence electrons. The minimum atomic E-state index is -0.130. The van der Waals surface area contributed by atoms with E-state index in [4.69, 9.17) is 5.73 Å². The Labute approximate surface area is 109 Å². The Bertz CT molecular complexity index is 375. The van der Waals surface area contributed by atoms with E-state index in [0.717, 1.165) is 25.1 Å². The summed E-state index contributed by atoms with van der Waals surface area (Å²) in [6, 6.07) is 7.05. The zero-order chi connectivity index (χ0) is 13.5. The van der Waals surface area contributed by atoms with Crippen LogP contribution in [0.5, 0.6) is 0 Å². The van der Waals surface area contributed by atoms with E-state index < -0.39 is 0 Å². The lowest BCUT2D eigenvalue weighted by Crippen LogP contribution is -2.40. The molecule has 1 aromatic carbocycles. The standard InChI is InChI=1S/C14H23N3O/c1-4-5-10-17(3)11(2)14(18)16-13-8-6-12(15)7-9-13/h6-9,11H,4-5,10,15H2,1-3H3,(H,16,18). The fourth-order valence-corrected chi connectivity index (χ4v) is 1.61. The maximum atomic E-state index is 12.0. The van der Waals surface area contributed by atoms with E-state index in [1.165, 1.54) is 0 Å². The molecule has 0 heterocycles. The third-order valence-corrected chi connectivity index (χ3v) is 3.08. The predicted octanol–water partition coefficient (Wildman–Crippen LogP) is 2.33. The number of carbonyl (C=O) groups excluding carboxylic acids is 1. The lowest BCUT2D eigenvalue weighted by molar-refractivity contribution is -0.120. The van der Waals surface area contributed by atoms with Gasteiger partial charge in [0.05, 0.1) is 6.04 Å². The first-order valence-electron chi connectivity index (χ1n) is 6.41. The van der Waals surface area contributed by atoms with E-state index in [9.17, 15) is 4.79 Å². The quantitative estimate of drug-likeness (QED) is 0.761. The lowest BCUT2D eigenvalue weighted by atomic mass is 10.2. The molecule has 18 heavy (non-hydrogen) atoms. The number of amides is 1. The number of rotatable bonds is 6. The van der Waals surface area contributed by atoms with Crippen LogP contribution < -0.4 is 11.1 Å². The largest absolute Gasteiger partial charge is 0.399 e. The summed E-state index contributed by atoms with van der Waals surface area (Å²) in [5.74, 6) is 0.0124. The fourth-order valence-electron chi connectivity index (χ4n) is 1.61. The Balaban J connectivity index is 2.51. The summed E-state index contributed by atoms with van der Waals surface area (Å²) < 4.78 is 0. The van der Waals surface area contributed by atoms with Gasteiger partial charge in [-0.05, 0) is 51.2 Å². The molecule has 0 saturated heterocycles. The van der Waals surface area contributed by atoms with Gasteiger partial charge in [-0.1, -0.05) is 13.3 Å². The molecule has 4 heteroatoms. The average Bonchev–Trinajstić information content (AvgIpc) is 2.37. The number of unbranched alkanes of at least 4 members (excludes halogenated alkanes) is 1. The Hall–Kier alpha value is -1.55. The van der Waals surface area contributed by atoms with Crippen LogP contribution in [0.4, 0.5) is 11.4 Å². The second-order valence-corrected chi connectivity index (χ2v) is 4.62. The molecule has 0 aliphatic rings. The molecule has 0 saturated carbocycles. The Morgan fingerprint density at radius 1 is 1.39 bits per heavy atom. The van der Waals surface area contributed by atoms with Crippen molar-refractivity contribution in [2.24, 2.45) is 0 Å². The maximum Gasteiger partial charge on any atom is 0.241 e. The van der Waals surface area contributed by atoms with Gasteiger partial charge in [-0.2, -0.15) is 0 Å². The van der Waals surface area contributed by atoms with Crippen LogP contribution >= 0.6 is 0 Å². The van der Waals surface area contributed by atoms with Crippen molar-refractivity contribution in [3.8, 4) is 0 Å². The van der Waals surface area contributed by atoms with Crippen LogP contribution in [0.1, 0.15) is 26.7 Å². The lowest BCUT2D eigenvalue weighted by Gasteiger charge is -2.23. The molecule has 0 radical (unpaired) electrons. The number of carbonyl (C=O) groups is 1. The van der Waals surface area contributed by atoms with E-state index >= 15 is 0 Å². The molecule has 0 spiro atoms. The number of benzene rings is 1. The minimum absolute atomic E-state index is 0.0124. The summed E-state index contributed by atoms with van der Waals surface area (Å²) >= 11 is 0. The van der Waals surface area contributed by atoms with Crippen LogP contribution in [0.3, 0.4) is 0 Å². The van der Waals surface area contributed by atoms with Crippen molar-refractivity contribution >= 4 is 17.3 Å². The molecule has 1 unspecified atom stereocenters. The summed E-state index contributed by atoms with van der Waals surface area (Å²) in [4.78, 5) is 14.1. The van der Waals surface area contributed by atoms with Gasteiger partial charge < -0.3 is 11.1 Å². The topological polar surface area (TPSA) is 58.4 Å². The minimum Gasteiger partial charge on any atom is -0.399 e. The van der Waals surface area contributed by atoms with Gasteiger partial charge in [0.25, 0.3) is 0 Å². The summed E-state index contributed by atoms with van der Waals surface area (Å²) in [7, 11) is 1.98. The van der Waals surface area contributed by atoms with Crippen LogP contribution in [0.2, 0.25) is 0 Å². The molecule has 3 N–H and O–H groups in total. The van der Waals surface area contributed by atoms with E-state index in [1.54, 1.807) is 12.1 Å². The summed E-state index contributed by atoms with van der Waals surface area (Å²) in [6.45, 7) is 5.00. The molecule has 0 fully saturated rings. The van der Waals surface area contributed by atoms with Crippen LogP contribution in [-0.2, 0) is 4.79 Å². The van der Waals surface area contributed by atoms with Crippen molar-refractivity contribution in [2.45, 2.75) is 32.7 Å². The van der Waals surface area contributed by atoms with Crippen LogP contribution in [0, 0.1) is 0 Å². The van der Waals surface area contributed by atoms with Gasteiger partial charge in [-0.15, -0.1) is 0 Å². The second kappa shape index (κ2) is 7.01. The zero-order valence-electron chi connectivity index (χ0n) is 11.4. The molecule has 0 bridgehead atoms. The van der Waals surface area contributed by atoms with Crippen molar-refractivity contribution in [1.82, 2.24) is 4.90 Å². The van der Waals surface area contributed by atoms with E-state index in [2.05, 4.69) is 17.1 Å². The number of anilines is 2. The van der Waals surface area contributed by atoms with Crippen molar-refractivity contribution in [3.05, 3.63) is 24.3 Å². The average molecular weight is 249 g/mol. The molecule has 1 aromatic rings. The fraction of sp³-hybridized carbons (Fsp3) is 0.500. The van der Waals surface area contributed by atoms with Crippen molar-refractivity contribution in [3.63, 3.8) is 0 Å². The number of likely N-dealkylation sites (N-methyl/N-ethyl adjacent to an activating group) is 1. The van der Waals surface area contributed by atoms with Gasteiger partial charge in [-0.25, -0.2) is 0 Å². The van der Waals surface area contributed by atoms with Crippen LogP contribution in [0.25, 0.3) is 0 Å². The highest BCUT2D eigenvalue weighted by Gasteiger charge is 2.17. The second-order valence-electron chi connectivity index (χ2n) is 4.62. The Morgan fingerprint density at radius 3 is 2.56 bits per heavy atom. The van der Waals surface area contributed by atoms with Crippen molar-refractivity contribution in [1.29, 1.82) is 0 Å². The van der Waals surface area contributed by atoms with Crippen LogP contribution in [0.15, 0.2) is 24.3 Å². The molecule has 0 aromatic heterocycles. The molecule has 0 aliphatic heterocycles. The zero-order valence-corrected chi connectivity index (χ0v) is 11.4. The van der Waals surface area contributed by atoms with Crippen LogP contribution in [-0.4, -0.2) is 30.4 Å². The SMILES string of the molecule is CCCCN(C)C(C)C(=O)Nc1ccc(N)cc1. The highest BCUT2D eigenvalue weighted by molar-refractivity contribution is 5.94. The Morgan fingerprint density at radius 2 is 2.00 bits per heavy atom. The summed E-state index contributed by atoms with van der Waals surface area (Å²) in [6.07, 6.45) is 2.24. The third kappa shape index (κ3) is 4.37. The molecule has 4 nitrogen and oxygen atoms in total. The first-order valence-corrected chi connectivity index (χ1v) is 6.41. The predicted molar refractivity (Wildman–Crippen MR) is 76.5 cm³/mol. The van der Waals surface area contributed by atoms with Gasteiger partial charge in [0.1, 0.15) is 0 Å². The molecule has 0 aliphatic carbocycles. The number of nitrogens with one attached hydrogen (secondary N) is 1. The number of nitrogens with zero attached hydrogens (tertiary/aromatic N) is 1. The molecule has 1 amide bonds. The van der Waals surface area contributed by atoms with Gasteiger partial charge in [0.15, 0.2) is 0 Å². The number of hydrogen-bond donors (Lipinski definition) is 2. The van der Waals surface area contributed by atoms with Gasteiger partial charge in [0.2, 0.25) is 5.91 Å². The van der Waals surface area contributed by atoms with Gasteiger partial charge in [0, 0.05) is 11.4 Å². The smallest absolute Gasteiger partial charge is 0.241 e. The molecular formula is C14H23N3O. The third-order valence-electron chi connectivity index (χ3n) is 3.08. The van der Waals surface area contributed by atoms with Crippen molar-refractivity contribution < 1.29 is 4.79 Å². The van der Waals surface area contributed by atoms with E-state index in [-0.39, 0.29) is 11.9 Å². The molecule has 1 atom stereocenters. The molecule has 1 rings (SSSR count). The molecular weight excluding hydrogens is 226 g/mol. The number of nitrogens with two attached hydrogens (primary N) is 1. The monoisotopic (exact) mass is 249 g/mol. The van der Waals surface area contributed by atoms with Gasteiger partial charge >= 0.3 is 0 Å². The number of hydrogen-bond acceptors (Lipinski definition) is 3. The maximum absolute atomic E-state index is 12.0.